The van der Waals surface area contributed by atoms with Crippen molar-refractivity contribution in [3.8, 4) is 6.07 Å². The van der Waals surface area contributed by atoms with E-state index in [1.54, 1.807) is 0 Å². The van der Waals surface area contributed by atoms with Gasteiger partial charge < -0.3 is 5.32 Å². The number of nitrogens with zero attached hydrogens (tertiary/aromatic N) is 1. The molecule has 0 fully saturated rings. The standard InChI is InChI=1S/C10H11N2/c1-12-7-6-9-2-4-10(8-11)5-3-9/h2-5,12H,1,6-7H2. The first kappa shape index (κ1) is 8.76. The molecule has 0 atom stereocenters. The van der Waals surface area contributed by atoms with Crippen molar-refractivity contribution in [2.45, 2.75) is 6.42 Å². The first-order valence-electron chi connectivity index (χ1n) is 3.86. The van der Waals surface area contributed by atoms with Gasteiger partial charge in [-0.15, -0.1) is 0 Å². The van der Waals surface area contributed by atoms with E-state index in [1.807, 2.05) is 24.3 Å². The predicted octanol–water partition coefficient (Wildman–Crippen LogP) is 1.48. The van der Waals surface area contributed by atoms with Gasteiger partial charge in [0.25, 0.3) is 0 Å². The van der Waals surface area contributed by atoms with Crippen molar-refractivity contribution in [3.63, 3.8) is 0 Å². The molecule has 0 bridgehead atoms. The first-order chi connectivity index (χ1) is 5.86. The predicted molar refractivity (Wildman–Crippen MR) is 48.2 cm³/mol. The van der Waals surface area contributed by atoms with E-state index >= 15 is 0 Å². The monoisotopic (exact) mass is 159 g/mol. The van der Waals surface area contributed by atoms with Crippen molar-refractivity contribution in [3.05, 3.63) is 42.4 Å². The van der Waals surface area contributed by atoms with Crippen molar-refractivity contribution in [2.24, 2.45) is 0 Å². The van der Waals surface area contributed by atoms with E-state index in [9.17, 15) is 0 Å². The van der Waals surface area contributed by atoms with Crippen LogP contribution in [0.2, 0.25) is 0 Å². The highest BCUT2D eigenvalue weighted by atomic mass is 14.8. The van der Waals surface area contributed by atoms with Crippen LogP contribution in [0.4, 0.5) is 0 Å². The summed E-state index contributed by atoms with van der Waals surface area (Å²) in [7, 11) is 3.53. The van der Waals surface area contributed by atoms with E-state index in [0.717, 1.165) is 13.0 Å². The van der Waals surface area contributed by atoms with Gasteiger partial charge in [0.1, 0.15) is 0 Å². The van der Waals surface area contributed by atoms with Gasteiger partial charge in [-0.3, -0.25) is 0 Å². The lowest BCUT2D eigenvalue weighted by molar-refractivity contribution is 0.829. The van der Waals surface area contributed by atoms with Crippen LogP contribution in [0.3, 0.4) is 0 Å². The smallest absolute Gasteiger partial charge is 0.0991 e. The number of nitriles is 1. The summed E-state index contributed by atoms with van der Waals surface area (Å²) in [6.07, 6.45) is 0.954. The summed E-state index contributed by atoms with van der Waals surface area (Å²) < 4.78 is 0. The largest absolute Gasteiger partial charge is 0.315 e. The van der Waals surface area contributed by atoms with Crippen molar-refractivity contribution < 1.29 is 0 Å². The topological polar surface area (TPSA) is 35.8 Å². The van der Waals surface area contributed by atoms with Gasteiger partial charge in [0, 0.05) is 7.05 Å². The third-order valence-corrected chi connectivity index (χ3v) is 1.67. The maximum atomic E-state index is 8.53. The molecule has 1 rings (SSSR count). The van der Waals surface area contributed by atoms with E-state index in [-0.39, 0.29) is 0 Å². The molecule has 1 N–H and O–H groups in total. The molecule has 0 unspecified atom stereocenters. The average molecular weight is 159 g/mol. The zero-order valence-electron chi connectivity index (χ0n) is 6.88. The molecular formula is C10H11N2. The summed E-state index contributed by atoms with van der Waals surface area (Å²) in [5.41, 5.74) is 1.94. The lowest BCUT2D eigenvalue weighted by atomic mass is 10.1. The SMILES string of the molecule is [CH2]NCCc1ccc(C#N)cc1. The van der Waals surface area contributed by atoms with Gasteiger partial charge in [-0.25, -0.2) is 0 Å². The fraction of sp³-hybridized carbons (Fsp3) is 0.200. The van der Waals surface area contributed by atoms with Crippen LogP contribution in [-0.2, 0) is 6.42 Å². The minimum absolute atomic E-state index is 0.710. The Morgan fingerprint density at radius 1 is 1.33 bits per heavy atom. The highest BCUT2D eigenvalue weighted by molar-refractivity contribution is 5.31. The van der Waals surface area contributed by atoms with Crippen LogP contribution in [0.15, 0.2) is 24.3 Å². The Kier molecular flexibility index (Phi) is 3.31. The normalized spacial score (nSPS) is 9.33. The van der Waals surface area contributed by atoms with Gasteiger partial charge in [-0.1, -0.05) is 12.1 Å². The molecule has 1 radical (unpaired) electrons. The molecular weight excluding hydrogens is 148 g/mol. The van der Waals surface area contributed by atoms with E-state index in [4.69, 9.17) is 5.26 Å². The second-order valence-corrected chi connectivity index (χ2v) is 2.56. The zero-order chi connectivity index (χ0) is 8.81. The molecule has 12 heavy (non-hydrogen) atoms. The van der Waals surface area contributed by atoms with Crippen LogP contribution in [0, 0.1) is 18.4 Å². The molecule has 2 heteroatoms. The van der Waals surface area contributed by atoms with E-state index in [0.29, 0.717) is 5.56 Å². The average Bonchev–Trinajstić information content (AvgIpc) is 2.15. The zero-order valence-corrected chi connectivity index (χ0v) is 6.88. The lowest BCUT2D eigenvalue weighted by Crippen LogP contribution is -2.07. The summed E-state index contributed by atoms with van der Waals surface area (Å²) in [5, 5.41) is 11.4. The molecule has 1 aromatic rings. The Labute approximate surface area is 72.8 Å². The van der Waals surface area contributed by atoms with Crippen LogP contribution >= 0.6 is 0 Å². The number of rotatable bonds is 3. The van der Waals surface area contributed by atoms with Gasteiger partial charge in [-0.05, 0) is 30.7 Å². The molecule has 1 aromatic carbocycles. The fourth-order valence-corrected chi connectivity index (χ4v) is 0.979. The van der Waals surface area contributed by atoms with Gasteiger partial charge in [0.15, 0.2) is 0 Å². The summed E-state index contributed by atoms with van der Waals surface area (Å²) in [5.74, 6) is 0. The van der Waals surface area contributed by atoms with Crippen molar-refractivity contribution in [1.82, 2.24) is 5.32 Å². The second-order valence-electron chi connectivity index (χ2n) is 2.56. The Morgan fingerprint density at radius 3 is 2.50 bits per heavy atom. The first-order valence-corrected chi connectivity index (χ1v) is 3.86. The summed E-state index contributed by atoms with van der Waals surface area (Å²) in [6, 6.07) is 9.68. The van der Waals surface area contributed by atoms with E-state index in [1.165, 1.54) is 5.56 Å². The summed E-state index contributed by atoms with van der Waals surface area (Å²) in [6.45, 7) is 0.867. The Bertz CT molecular complexity index is 269. The number of hydrogen-bond acceptors (Lipinski definition) is 2. The second kappa shape index (κ2) is 4.53. The molecule has 0 saturated carbocycles. The van der Waals surface area contributed by atoms with Crippen LogP contribution in [0.5, 0.6) is 0 Å². The third-order valence-electron chi connectivity index (χ3n) is 1.67. The van der Waals surface area contributed by atoms with Crippen LogP contribution in [-0.4, -0.2) is 6.54 Å². The molecule has 0 aromatic heterocycles. The molecule has 0 heterocycles. The van der Waals surface area contributed by atoms with Crippen molar-refractivity contribution >= 4 is 0 Å². The minimum atomic E-state index is 0.710. The number of nitrogens with one attached hydrogen (secondary N) is 1. The number of hydrogen-bond donors (Lipinski definition) is 1. The van der Waals surface area contributed by atoms with Gasteiger partial charge in [0.05, 0.1) is 11.6 Å². The highest BCUT2D eigenvalue weighted by Gasteiger charge is 1.92. The molecule has 0 spiro atoms. The molecule has 0 aliphatic carbocycles. The molecule has 61 valence electrons. The van der Waals surface area contributed by atoms with Crippen LogP contribution in [0.1, 0.15) is 11.1 Å². The maximum absolute atomic E-state index is 8.53. The Morgan fingerprint density at radius 2 is 2.00 bits per heavy atom. The molecule has 2 nitrogen and oxygen atoms in total. The molecule has 0 saturated heterocycles. The maximum Gasteiger partial charge on any atom is 0.0991 e. The fourth-order valence-electron chi connectivity index (χ4n) is 0.979. The quantitative estimate of drug-likeness (QED) is 0.725. The van der Waals surface area contributed by atoms with Crippen molar-refractivity contribution in [1.29, 1.82) is 5.26 Å². The third kappa shape index (κ3) is 2.37. The van der Waals surface area contributed by atoms with Gasteiger partial charge >= 0.3 is 0 Å². The van der Waals surface area contributed by atoms with Gasteiger partial charge in [-0.2, -0.15) is 5.26 Å². The highest BCUT2D eigenvalue weighted by Crippen LogP contribution is 2.03. The minimum Gasteiger partial charge on any atom is -0.315 e. The van der Waals surface area contributed by atoms with Crippen molar-refractivity contribution in [2.75, 3.05) is 6.54 Å². The van der Waals surface area contributed by atoms with Gasteiger partial charge in [0.2, 0.25) is 0 Å². The summed E-state index contributed by atoms with van der Waals surface area (Å²) in [4.78, 5) is 0. The van der Waals surface area contributed by atoms with E-state index in [2.05, 4.69) is 18.4 Å². The van der Waals surface area contributed by atoms with E-state index < -0.39 is 0 Å². The molecule has 0 aliphatic heterocycles. The molecule has 0 amide bonds. The van der Waals surface area contributed by atoms with Crippen LogP contribution in [0.25, 0.3) is 0 Å². The Balaban J connectivity index is 2.60. The Hall–Kier alpha value is -1.33. The number of benzene rings is 1. The molecule has 0 aliphatic rings. The summed E-state index contributed by atoms with van der Waals surface area (Å²) >= 11 is 0. The van der Waals surface area contributed by atoms with Crippen LogP contribution < -0.4 is 5.32 Å². The lowest BCUT2D eigenvalue weighted by Gasteiger charge is -1.99.